The van der Waals surface area contributed by atoms with Crippen molar-refractivity contribution in [2.75, 3.05) is 0 Å². The monoisotopic (exact) mass is 199 g/mol. The molecule has 1 heterocycles. The third-order valence-corrected chi connectivity index (χ3v) is 3.31. The molecule has 72 valence electrons. The Morgan fingerprint density at radius 3 is 3.08 bits per heavy atom. The van der Waals surface area contributed by atoms with Crippen LogP contribution in [0.2, 0.25) is 0 Å². The molecule has 0 aliphatic heterocycles. The van der Waals surface area contributed by atoms with Crippen LogP contribution in [0.25, 0.3) is 0 Å². The van der Waals surface area contributed by atoms with Crippen molar-refractivity contribution < 1.29 is 4.39 Å². The van der Waals surface area contributed by atoms with E-state index >= 15 is 0 Å². The summed E-state index contributed by atoms with van der Waals surface area (Å²) in [5.74, 6) is 0. The molecule has 0 saturated heterocycles. The fraction of sp³-hybridized carbons (Fsp3) is 0.600. The molecular weight excluding hydrogens is 185 g/mol. The highest BCUT2D eigenvalue weighted by atomic mass is 32.1. The summed E-state index contributed by atoms with van der Waals surface area (Å²) in [5.41, 5.74) is 1.27. The van der Waals surface area contributed by atoms with Crippen LogP contribution in [-0.2, 0) is 6.54 Å². The van der Waals surface area contributed by atoms with Gasteiger partial charge in [-0.25, -0.2) is 4.39 Å². The van der Waals surface area contributed by atoms with E-state index in [-0.39, 0.29) is 6.04 Å². The van der Waals surface area contributed by atoms with E-state index in [9.17, 15) is 4.39 Å². The maximum Gasteiger partial charge on any atom is 0.115 e. The lowest BCUT2D eigenvalue weighted by molar-refractivity contribution is 0.279. The second kappa shape index (κ2) is 4.20. The van der Waals surface area contributed by atoms with Crippen molar-refractivity contribution in [1.29, 1.82) is 0 Å². The van der Waals surface area contributed by atoms with Gasteiger partial charge in [0, 0.05) is 12.6 Å². The zero-order valence-electron chi connectivity index (χ0n) is 7.50. The van der Waals surface area contributed by atoms with E-state index in [1.165, 1.54) is 5.56 Å². The Balaban J connectivity index is 1.79. The van der Waals surface area contributed by atoms with Gasteiger partial charge in [-0.3, -0.25) is 0 Å². The Morgan fingerprint density at radius 1 is 1.54 bits per heavy atom. The summed E-state index contributed by atoms with van der Waals surface area (Å²) >= 11 is 1.69. The van der Waals surface area contributed by atoms with Crippen molar-refractivity contribution in [2.24, 2.45) is 0 Å². The number of nitrogens with one attached hydrogen (secondary N) is 1. The standard InChI is InChI=1S/C10H14FNS/c11-9-2-1-3-10(9)12-6-8-4-5-13-7-8/h4-5,7,9-10,12H,1-3,6H2/t9-,10+/m1/s1. The highest BCUT2D eigenvalue weighted by molar-refractivity contribution is 7.07. The van der Waals surface area contributed by atoms with Crippen LogP contribution in [0.3, 0.4) is 0 Å². The normalized spacial score (nSPS) is 28.1. The lowest BCUT2D eigenvalue weighted by Gasteiger charge is -2.13. The van der Waals surface area contributed by atoms with Gasteiger partial charge < -0.3 is 5.32 Å². The summed E-state index contributed by atoms with van der Waals surface area (Å²) in [4.78, 5) is 0. The van der Waals surface area contributed by atoms with Crippen LogP contribution in [0.5, 0.6) is 0 Å². The topological polar surface area (TPSA) is 12.0 Å². The van der Waals surface area contributed by atoms with Crippen LogP contribution in [0.1, 0.15) is 24.8 Å². The number of thiophene rings is 1. The van der Waals surface area contributed by atoms with Crippen LogP contribution in [0, 0.1) is 0 Å². The van der Waals surface area contributed by atoms with Gasteiger partial charge in [0.1, 0.15) is 6.17 Å². The van der Waals surface area contributed by atoms with Gasteiger partial charge in [-0.05, 0) is 41.7 Å². The lowest BCUT2D eigenvalue weighted by Crippen LogP contribution is -2.32. The predicted octanol–water partition coefficient (Wildman–Crippen LogP) is 2.73. The summed E-state index contributed by atoms with van der Waals surface area (Å²) in [6.45, 7) is 0.814. The highest BCUT2D eigenvalue weighted by Crippen LogP contribution is 2.22. The number of halogens is 1. The molecule has 1 aliphatic rings. The first-order valence-corrected chi connectivity index (χ1v) is 5.69. The van der Waals surface area contributed by atoms with E-state index in [4.69, 9.17) is 0 Å². The van der Waals surface area contributed by atoms with Crippen molar-refractivity contribution in [1.82, 2.24) is 5.32 Å². The Kier molecular flexibility index (Phi) is 2.96. The largest absolute Gasteiger partial charge is 0.307 e. The SMILES string of the molecule is F[C@@H]1CCC[C@@H]1NCc1ccsc1. The number of hydrogen-bond donors (Lipinski definition) is 1. The van der Waals surface area contributed by atoms with Crippen molar-refractivity contribution in [3.8, 4) is 0 Å². The quantitative estimate of drug-likeness (QED) is 0.789. The molecule has 3 heteroatoms. The first-order valence-electron chi connectivity index (χ1n) is 4.75. The molecule has 0 amide bonds. The summed E-state index contributed by atoms with van der Waals surface area (Å²) in [6, 6.07) is 2.18. The fourth-order valence-electron chi connectivity index (χ4n) is 1.79. The van der Waals surface area contributed by atoms with Crippen LogP contribution >= 0.6 is 11.3 Å². The van der Waals surface area contributed by atoms with Gasteiger partial charge in [0.05, 0.1) is 0 Å². The summed E-state index contributed by atoms with van der Waals surface area (Å²) in [7, 11) is 0. The minimum absolute atomic E-state index is 0.0971. The fourth-order valence-corrected chi connectivity index (χ4v) is 2.46. The molecule has 0 aromatic carbocycles. The molecule has 1 aromatic rings. The smallest absolute Gasteiger partial charge is 0.115 e. The third kappa shape index (κ3) is 2.29. The molecule has 0 unspecified atom stereocenters. The van der Waals surface area contributed by atoms with Gasteiger partial charge >= 0.3 is 0 Å². The maximum absolute atomic E-state index is 13.2. The van der Waals surface area contributed by atoms with Crippen LogP contribution in [0.15, 0.2) is 16.8 Å². The minimum atomic E-state index is -0.626. The second-order valence-corrected chi connectivity index (χ2v) is 4.35. The van der Waals surface area contributed by atoms with Gasteiger partial charge in [-0.15, -0.1) is 0 Å². The van der Waals surface area contributed by atoms with E-state index in [2.05, 4.69) is 22.1 Å². The first kappa shape index (κ1) is 9.16. The van der Waals surface area contributed by atoms with Crippen LogP contribution in [0.4, 0.5) is 4.39 Å². The molecule has 0 radical (unpaired) electrons. The average Bonchev–Trinajstić information content (AvgIpc) is 2.72. The Morgan fingerprint density at radius 2 is 2.46 bits per heavy atom. The molecule has 13 heavy (non-hydrogen) atoms. The van der Waals surface area contributed by atoms with Gasteiger partial charge in [0.25, 0.3) is 0 Å². The molecular formula is C10H14FNS. The molecule has 1 fully saturated rings. The van der Waals surface area contributed by atoms with E-state index in [0.717, 1.165) is 25.8 Å². The molecule has 1 nitrogen and oxygen atoms in total. The molecule has 0 bridgehead atoms. The lowest BCUT2D eigenvalue weighted by atomic mass is 10.2. The van der Waals surface area contributed by atoms with E-state index in [1.54, 1.807) is 11.3 Å². The Bertz CT molecular complexity index is 247. The zero-order chi connectivity index (χ0) is 9.10. The molecule has 1 saturated carbocycles. The third-order valence-electron chi connectivity index (χ3n) is 2.58. The Hall–Kier alpha value is -0.410. The van der Waals surface area contributed by atoms with Crippen molar-refractivity contribution >= 4 is 11.3 Å². The average molecular weight is 199 g/mol. The van der Waals surface area contributed by atoms with Gasteiger partial charge in [-0.1, -0.05) is 0 Å². The van der Waals surface area contributed by atoms with Gasteiger partial charge in [-0.2, -0.15) is 11.3 Å². The van der Waals surface area contributed by atoms with E-state index in [1.807, 2.05) is 0 Å². The number of alkyl halides is 1. The molecule has 1 N–H and O–H groups in total. The van der Waals surface area contributed by atoms with Crippen LogP contribution in [-0.4, -0.2) is 12.2 Å². The zero-order valence-corrected chi connectivity index (χ0v) is 8.32. The maximum atomic E-state index is 13.2. The van der Waals surface area contributed by atoms with Crippen molar-refractivity contribution in [3.05, 3.63) is 22.4 Å². The van der Waals surface area contributed by atoms with E-state index < -0.39 is 6.17 Å². The van der Waals surface area contributed by atoms with Crippen LogP contribution < -0.4 is 5.32 Å². The number of hydrogen-bond acceptors (Lipinski definition) is 2. The molecule has 1 aliphatic carbocycles. The molecule has 2 atom stereocenters. The second-order valence-electron chi connectivity index (χ2n) is 3.57. The van der Waals surface area contributed by atoms with Crippen molar-refractivity contribution in [3.63, 3.8) is 0 Å². The molecule has 0 spiro atoms. The van der Waals surface area contributed by atoms with E-state index in [0.29, 0.717) is 0 Å². The minimum Gasteiger partial charge on any atom is -0.307 e. The summed E-state index contributed by atoms with van der Waals surface area (Å²) in [6.07, 6.45) is 2.13. The summed E-state index contributed by atoms with van der Waals surface area (Å²) < 4.78 is 13.2. The first-order chi connectivity index (χ1) is 6.36. The van der Waals surface area contributed by atoms with Gasteiger partial charge in [0.2, 0.25) is 0 Å². The molecule has 1 aromatic heterocycles. The van der Waals surface area contributed by atoms with Crippen molar-refractivity contribution in [2.45, 2.75) is 38.0 Å². The Labute approximate surface area is 82.0 Å². The van der Waals surface area contributed by atoms with Gasteiger partial charge in [0.15, 0.2) is 0 Å². The highest BCUT2D eigenvalue weighted by Gasteiger charge is 2.25. The predicted molar refractivity (Wildman–Crippen MR) is 53.7 cm³/mol. The summed E-state index contributed by atoms with van der Waals surface area (Å²) in [5, 5.41) is 7.43. The molecule has 2 rings (SSSR count). The number of rotatable bonds is 3.